The molecule has 0 fully saturated rings. The molecule has 1 unspecified atom stereocenters. The first-order chi connectivity index (χ1) is 9.11. The van der Waals surface area contributed by atoms with Crippen molar-refractivity contribution >= 4 is 0 Å². The predicted octanol–water partition coefficient (Wildman–Crippen LogP) is 1.42. The van der Waals surface area contributed by atoms with Crippen LogP contribution in [0.5, 0.6) is 5.88 Å². The summed E-state index contributed by atoms with van der Waals surface area (Å²) in [6, 6.07) is 8.87. The van der Waals surface area contributed by atoms with E-state index in [1.807, 2.05) is 13.0 Å². The molecule has 0 bridgehead atoms. The summed E-state index contributed by atoms with van der Waals surface area (Å²) in [5.74, 6) is 0.157. The van der Waals surface area contributed by atoms with Gasteiger partial charge in [0.2, 0.25) is 5.88 Å². The van der Waals surface area contributed by atoms with Crippen LogP contribution in [0.25, 0.3) is 11.1 Å². The summed E-state index contributed by atoms with van der Waals surface area (Å²) in [6.07, 6.45) is 1.22. The molecule has 19 heavy (non-hydrogen) atoms. The van der Waals surface area contributed by atoms with Crippen LogP contribution in [0.4, 0.5) is 0 Å². The number of rotatable bonds is 4. The monoisotopic (exact) mass is 259 g/mol. The number of benzene rings is 1. The van der Waals surface area contributed by atoms with E-state index >= 15 is 0 Å². The molecule has 0 amide bonds. The number of nitrogens with zero attached hydrogens (tertiary/aromatic N) is 1. The van der Waals surface area contributed by atoms with E-state index in [9.17, 15) is 9.90 Å². The maximum Gasteiger partial charge on any atom is 0.262 e. The van der Waals surface area contributed by atoms with Crippen LogP contribution in [0.2, 0.25) is 0 Å². The molecule has 0 aliphatic carbocycles. The Bertz CT molecular complexity index is 608. The molecule has 0 spiro atoms. The van der Waals surface area contributed by atoms with Crippen LogP contribution in [-0.2, 0) is 6.42 Å². The molecule has 1 heterocycles. The van der Waals surface area contributed by atoms with Crippen LogP contribution in [0, 0.1) is 0 Å². The third-order valence-corrected chi connectivity index (χ3v) is 2.99. The first kappa shape index (κ1) is 13.3. The van der Waals surface area contributed by atoms with Gasteiger partial charge in [-0.3, -0.25) is 4.79 Å². The molecule has 4 N–H and O–H groups in total. The predicted molar refractivity (Wildman–Crippen MR) is 73.9 cm³/mol. The highest BCUT2D eigenvalue weighted by molar-refractivity contribution is 5.66. The van der Waals surface area contributed by atoms with Crippen molar-refractivity contribution in [3.05, 3.63) is 46.5 Å². The number of aromatic hydroxyl groups is 1. The largest absolute Gasteiger partial charge is 0.493 e. The third kappa shape index (κ3) is 3.00. The quantitative estimate of drug-likeness (QED) is 0.774. The maximum absolute atomic E-state index is 12.0. The summed E-state index contributed by atoms with van der Waals surface area (Å²) in [7, 11) is 0. The molecular formula is C14H17N3O2. The van der Waals surface area contributed by atoms with Gasteiger partial charge in [0.05, 0.1) is 0 Å². The first-order valence-electron chi connectivity index (χ1n) is 6.25. The highest BCUT2D eigenvalue weighted by Crippen LogP contribution is 2.22. The molecule has 1 atom stereocenters. The topological polar surface area (TPSA) is 92.0 Å². The Hall–Kier alpha value is -2.14. The summed E-state index contributed by atoms with van der Waals surface area (Å²) in [4.78, 5) is 18.7. The fourth-order valence-corrected chi connectivity index (χ4v) is 1.86. The number of aromatic amines is 1. The van der Waals surface area contributed by atoms with Crippen molar-refractivity contribution in [3.8, 4) is 17.0 Å². The van der Waals surface area contributed by atoms with Gasteiger partial charge >= 0.3 is 0 Å². The number of aromatic nitrogens is 2. The molecule has 0 aliphatic rings. The molecule has 0 radical (unpaired) electrons. The molecule has 1 aromatic carbocycles. The van der Waals surface area contributed by atoms with Crippen molar-refractivity contribution in [2.24, 2.45) is 5.73 Å². The van der Waals surface area contributed by atoms with Gasteiger partial charge in [0.25, 0.3) is 5.56 Å². The van der Waals surface area contributed by atoms with E-state index < -0.39 is 0 Å². The van der Waals surface area contributed by atoms with E-state index in [1.165, 1.54) is 0 Å². The molecule has 100 valence electrons. The molecule has 0 saturated heterocycles. The van der Waals surface area contributed by atoms with Crippen LogP contribution in [0.1, 0.15) is 19.2 Å². The fraction of sp³-hybridized carbons (Fsp3) is 0.286. The van der Waals surface area contributed by atoms with Gasteiger partial charge < -0.3 is 15.8 Å². The Morgan fingerprint density at radius 2 is 2.05 bits per heavy atom. The Balaban J connectivity index is 2.41. The van der Waals surface area contributed by atoms with Crippen molar-refractivity contribution in [2.45, 2.75) is 25.8 Å². The molecule has 2 aromatic rings. The van der Waals surface area contributed by atoms with E-state index in [2.05, 4.69) is 9.97 Å². The summed E-state index contributed by atoms with van der Waals surface area (Å²) >= 11 is 0. The van der Waals surface area contributed by atoms with Crippen molar-refractivity contribution in [2.75, 3.05) is 0 Å². The van der Waals surface area contributed by atoms with E-state index in [1.54, 1.807) is 24.3 Å². The zero-order valence-corrected chi connectivity index (χ0v) is 10.8. The minimum absolute atomic E-state index is 0.0786. The first-order valence-corrected chi connectivity index (χ1v) is 6.25. The van der Waals surface area contributed by atoms with Crippen LogP contribution >= 0.6 is 0 Å². The Morgan fingerprint density at radius 3 is 2.63 bits per heavy atom. The van der Waals surface area contributed by atoms with Gasteiger partial charge in [-0.15, -0.1) is 0 Å². The van der Waals surface area contributed by atoms with Crippen molar-refractivity contribution in [3.63, 3.8) is 0 Å². The van der Waals surface area contributed by atoms with Gasteiger partial charge in [-0.1, -0.05) is 37.3 Å². The molecule has 0 saturated carbocycles. The Morgan fingerprint density at radius 1 is 1.37 bits per heavy atom. The minimum atomic E-state index is -0.350. The summed E-state index contributed by atoms with van der Waals surface area (Å²) < 4.78 is 0. The van der Waals surface area contributed by atoms with E-state index in [4.69, 9.17) is 5.73 Å². The number of hydrogen-bond donors (Lipinski definition) is 3. The van der Waals surface area contributed by atoms with Gasteiger partial charge in [0.1, 0.15) is 11.4 Å². The second-order valence-corrected chi connectivity index (χ2v) is 4.45. The van der Waals surface area contributed by atoms with Gasteiger partial charge in [0.15, 0.2) is 0 Å². The number of hydrogen-bond acceptors (Lipinski definition) is 4. The highest BCUT2D eigenvalue weighted by atomic mass is 16.3. The van der Waals surface area contributed by atoms with Crippen LogP contribution in [0.15, 0.2) is 35.1 Å². The Kier molecular flexibility index (Phi) is 3.97. The maximum atomic E-state index is 12.0. The van der Waals surface area contributed by atoms with Gasteiger partial charge in [-0.25, -0.2) is 0 Å². The zero-order valence-electron chi connectivity index (χ0n) is 10.8. The second kappa shape index (κ2) is 5.67. The van der Waals surface area contributed by atoms with Gasteiger partial charge in [-0.05, 0) is 12.0 Å². The zero-order chi connectivity index (χ0) is 13.8. The van der Waals surface area contributed by atoms with Gasteiger partial charge in [-0.2, -0.15) is 4.98 Å². The van der Waals surface area contributed by atoms with Crippen molar-refractivity contribution in [1.29, 1.82) is 0 Å². The van der Waals surface area contributed by atoms with E-state index in [-0.39, 0.29) is 23.0 Å². The lowest BCUT2D eigenvalue weighted by atomic mass is 10.1. The lowest BCUT2D eigenvalue weighted by Gasteiger charge is -2.09. The number of nitrogens with one attached hydrogen (secondary N) is 1. The van der Waals surface area contributed by atoms with Crippen LogP contribution in [-0.4, -0.2) is 21.1 Å². The molecule has 5 heteroatoms. The van der Waals surface area contributed by atoms with E-state index in [0.29, 0.717) is 17.8 Å². The highest BCUT2D eigenvalue weighted by Gasteiger charge is 2.13. The average molecular weight is 259 g/mol. The average Bonchev–Trinajstić information content (AvgIpc) is 2.39. The summed E-state index contributed by atoms with van der Waals surface area (Å²) in [5.41, 5.74) is 6.29. The van der Waals surface area contributed by atoms with Crippen molar-refractivity contribution in [1.82, 2.24) is 9.97 Å². The lowest BCUT2D eigenvalue weighted by molar-refractivity contribution is 0.448. The molecule has 1 aromatic heterocycles. The molecule has 2 rings (SSSR count). The molecule has 0 aliphatic heterocycles. The number of H-pyrrole nitrogens is 1. The smallest absolute Gasteiger partial charge is 0.262 e. The summed E-state index contributed by atoms with van der Waals surface area (Å²) in [5, 5.41) is 9.94. The third-order valence-electron chi connectivity index (χ3n) is 2.99. The summed E-state index contributed by atoms with van der Waals surface area (Å²) in [6.45, 7) is 1.96. The van der Waals surface area contributed by atoms with Gasteiger partial charge in [0, 0.05) is 12.5 Å². The SMILES string of the molecule is CCC(N)Cc1nc(O)c(-c2ccccc2)c(=O)[nH]1. The molecule has 5 nitrogen and oxygen atoms in total. The fourth-order valence-electron chi connectivity index (χ4n) is 1.86. The standard InChI is InChI=1S/C14H17N3O2/c1-2-10(15)8-11-16-13(18)12(14(19)17-11)9-6-4-3-5-7-9/h3-7,10H,2,8,15H2,1H3,(H2,16,17,18,19). The molecular weight excluding hydrogens is 242 g/mol. The van der Waals surface area contributed by atoms with Crippen LogP contribution < -0.4 is 11.3 Å². The van der Waals surface area contributed by atoms with Crippen LogP contribution in [0.3, 0.4) is 0 Å². The van der Waals surface area contributed by atoms with E-state index in [0.717, 1.165) is 6.42 Å². The minimum Gasteiger partial charge on any atom is -0.493 e. The Labute approximate surface area is 111 Å². The normalized spacial score (nSPS) is 12.3. The second-order valence-electron chi connectivity index (χ2n) is 4.45. The lowest BCUT2D eigenvalue weighted by Crippen LogP contribution is -2.25. The number of nitrogens with two attached hydrogens (primary N) is 1. The van der Waals surface area contributed by atoms with Crippen molar-refractivity contribution < 1.29 is 5.11 Å².